The predicted octanol–water partition coefficient (Wildman–Crippen LogP) is 5.91. The summed E-state index contributed by atoms with van der Waals surface area (Å²) >= 11 is 0. The van der Waals surface area contributed by atoms with Gasteiger partial charge in [0.15, 0.2) is 0 Å². The van der Waals surface area contributed by atoms with Crippen LogP contribution in [0.3, 0.4) is 0 Å². The summed E-state index contributed by atoms with van der Waals surface area (Å²) < 4.78 is 54.0. The first-order valence-electron chi connectivity index (χ1n) is 7.42. The van der Waals surface area contributed by atoms with E-state index < -0.39 is 11.8 Å². The minimum Gasteiger partial charge on any atom is -0.207 e. The van der Waals surface area contributed by atoms with Crippen LogP contribution in [-0.4, -0.2) is 11.8 Å². The molecule has 1 saturated carbocycles. The van der Waals surface area contributed by atoms with Crippen molar-refractivity contribution in [3.63, 3.8) is 0 Å². The minimum atomic E-state index is -2.64. The van der Waals surface area contributed by atoms with E-state index in [-0.39, 0.29) is 43.4 Å². The highest BCUT2D eigenvalue weighted by Gasteiger charge is 2.43. The van der Waals surface area contributed by atoms with Gasteiger partial charge in [0.05, 0.1) is 0 Å². The van der Waals surface area contributed by atoms with Crippen LogP contribution in [0, 0.1) is 17.8 Å². The first-order valence-corrected chi connectivity index (χ1v) is 7.42. The summed E-state index contributed by atoms with van der Waals surface area (Å²) in [6.07, 6.45) is 1.13. The maximum atomic E-state index is 13.7. The Morgan fingerprint density at radius 1 is 1.32 bits per heavy atom. The summed E-state index contributed by atoms with van der Waals surface area (Å²) in [6, 6.07) is 0. The molecule has 19 heavy (non-hydrogen) atoms. The number of rotatable bonds is 6. The van der Waals surface area contributed by atoms with Gasteiger partial charge in [0.1, 0.15) is 0 Å². The second kappa shape index (κ2) is 6.45. The molecule has 0 bridgehead atoms. The normalized spacial score (nSPS) is 29.2. The van der Waals surface area contributed by atoms with Crippen molar-refractivity contribution >= 4 is 0 Å². The molecule has 0 saturated heterocycles. The molecule has 0 spiro atoms. The number of unbranched alkanes of at least 4 members (excludes halogenated alkanes) is 1. The molecule has 0 nitrogen and oxygen atoms in total. The summed E-state index contributed by atoms with van der Waals surface area (Å²) in [7, 11) is 0. The highest BCUT2D eigenvalue weighted by atomic mass is 19.3. The average molecular weight is 282 g/mol. The van der Waals surface area contributed by atoms with E-state index in [2.05, 4.69) is 0 Å². The van der Waals surface area contributed by atoms with Gasteiger partial charge in [0.25, 0.3) is 0 Å². The van der Waals surface area contributed by atoms with Crippen LogP contribution in [0.5, 0.6) is 0 Å². The zero-order valence-corrected chi connectivity index (χ0v) is 12.2. The van der Waals surface area contributed by atoms with E-state index >= 15 is 0 Å². The molecule has 0 aromatic carbocycles. The largest absolute Gasteiger partial charge is 0.248 e. The Morgan fingerprint density at radius 2 is 1.95 bits per heavy atom. The highest BCUT2D eigenvalue weighted by molar-refractivity contribution is 4.86. The fraction of sp³-hybridized carbons (Fsp3) is 1.00. The van der Waals surface area contributed by atoms with Crippen LogP contribution >= 0.6 is 0 Å². The zero-order chi connectivity index (χ0) is 14.7. The van der Waals surface area contributed by atoms with E-state index in [1.165, 1.54) is 0 Å². The van der Waals surface area contributed by atoms with Crippen LogP contribution in [0.1, 0.15) is 65.7 Å². The Kier molecular flexibility index (Phi) is 5.69. The van der Waals surface area contributed by atoms with Gasteiger partial charge in [-0.1, -0.05) is 27.2 Å². The fourth-order valence-electron chi connectivity index (χ4n) is 3.39. The standard InChI is InChI=1S/C15H26F4/c1-4-5-7-14(16,17)9-11(2)13-6-8-15(18,19)10-12(13)3/h11-13H,4-10H2,1-3H3. The molecule has 0 heterocycles. The molecule has 0 aliphatic heterocycles. The number of hydrogen-bond acceptors (Lipinski definition) is 0. The first-order chi connectivity index (χ1) is 8.67. The third kappa shape index (κ3) is 5.31. The fourth-order valence-corrected chi connectivity index (χ4v) is 3.39. The molecule has 0 aromatic rings. The van der Waals surface area contributed by atoms with Crippen LogP contribution in [0.2, 0.25) is 0 Å². The van der Waals surface area contributed by atoms with Crippen molar-refractivity contribution in [1.29, 1.82) is 0 Å². The Labute approximate surface area is 114 Å². The topological polar surface area (TPSA) is 0 Å². The van der Waals surface area contributed by atoms with E-state index in [0.29, 0.717) is 12.8 Å². The average Bonchev–Trinajstić information content (AvgIpc) is 2.24. The lowest BCUT2D eigenvalue weighted by Gasteiger charge is -2.38. The molecular weight excluding hydrogens is 256 g/mol. The molecule has 0 aromatic heterocycles. The first kappa shape index (κ1) is 16.8. The molecule has 1 fully saturated rings. The molecule has 1 rings (SSSR count). The van der Waals surface area contributed by atoms with Crippen LogP contribution in [0.4, 0.5) is 17.6 Å². The lowest BCUT2D eigenvalue weighted by molar-refractivity contribution is -0.0870. The van der Waals surface area contributed by atoms with Gasteiger partial charge < -0.3 is 0 Å². The molecule has 114 valence electrons. The van der Waals surface area contributed by atoms with Crippen LogP contribution in [0.15, 0.2) is 0 Å². The summed E-state index contributed by atoms with van der Waals surface area (Å²) in [6.45, 7) is 5.47. The molecule has 3 unspecified atom stereocenters. The van der Waals surface area contributed by atoms with Crippen LogP contribution < -0.4 is 0 Å². The van der Waals surface area contributed by atoms with Gasteiger partial charge >= 0.3 is 0 Å². The Balaban J connectivity index is 2.51. The summed E-state index contributed by atoms with van der Waals surface area (Å²) in [5.74, 6) is -5.58. The van der Waals surface area contributed by atoms with Crippen molar-refractivity contribution in [2.24, 2.45) is 17.8 Å². The second-order valence-electron chi connectivity index (χ2n) is 6.38. The third-order valence-corrected chi connectivity index (χ3v) is 4.44. The molecule has 1 aliphatic carbocycles. The SMILES string of the molecule is CCCCC(F)(F)CC(C)C1CCC(F)(F)CC1C. The quantitative estimate of drug-likeness (QED) is 0.531. The summed E-state index contributed by atoms with van der Waals surface area (Å²) in [4.78, 5) is 0. The van der Waals surface area contributed by atoms with Gasteiger partial charge in [-0.2, -0.15) is 0 Å². The molecule has 0 amide bonds. The zero-order valence-electron chi connectivity index (χ0n) is 12.2. The van der Waals surface area contributed by atoms with Crippen molar-refractivity contribution in [2.45, 2.75) is 77.6 Å². The third-order valence-electron chi connectivity index (χ3n) is 4.44. The van der Waals surface area contributed by atoms with E-state index in [0.717, 1.165) is 6.42 Å². The lowest BCUT2D eigenvalue weighted by Crippen LogP contribution is -2.35. The minimum absolute atomic E-state index is 0.00660. The molecule has 0 radical (unpaired) electrons. The van der Waals surface area contributed by atoms with E-state index in [1.54, 1.807) is 13.8 Å². The van der Waals surface area contributed by atoms with Gasteiger partial charge in [-0.25, -0.2) is 17.6 Å². The van der Waals surface area contributed by atoms with Crippen LogP contribution in [0.25, 0.3) is 0 Å². The second-order valence-corrected chi connectivity index (χ2v) is 6.38. The van der Waals surface area contributed by atoms with E-state index in [4.69, 9.17) is 0 Å². The highest BCUT2D eigenvalue weighted by Crippen LogP contribution is 2.45. The number of hydrogen-bond donors (Lipinski definition) is 0. The van der Waals surface area contributed by atoms with Gasteiger partial charge in [0, 0.05) is 25.7 Å². The van der Waals surface area contributed by atoms with Gasteiger partial charge in [-0.15, -0.1) is 0 Å². The maximum Gasteiger partial charge on any atom is 0.248 e. The molecule has 4 heteroatoms. The molecule has 0 N–H and O–H groups in total. The van der Waals surface area contributed by atoms with Crippen molar-refractivity contribution in [3.05, 3.63) is 0 Å². The molecule has 3 atom stereocenters. The number of halogens is 4. The van der Waals surface area contributed by atoms with Crippen LogP contribution in [-0.2, 0) is 0 Å². The van der Waals surface area contributed by atoms with E-state index in [9.17, 15) is 17.6 Å². The Bertz CT molecular complexity index is 275. The molecule has 1 aliphatic rings. The van der Waals surface area contributed by atoms with Crippen molar-refractivity contribution in [2.75, 3.05) is 0 Å². The van der Waals surface area contributed by atoms with E-state index in [1.807, 2.05) is 6.92 Å². The van der Waals surface area contributed by atoms with Gasteiger partial charge in [-0.05, 0) is 30.6 Å². The van der Waals surface area contributed by atoms with Crippen molar-refractivity contribution in [3.8, 4) is 0 Å². The van der Waals surface area contributed by atoms with Crippen molar-refractivity contribution in [1.82, 2.24) is 0 Å². The van der Waals surface area contributed by atoms with Gasteiger partial charge in [-0.3, -0.25) is 0 Å². The Hall–Kier alpha value is -0.280. The predicted molar refractivity (Wildman–Crippen MR) is 69.7 cm³/mol. The summed E-state index contributed by atoms with van der Waals surface area (Å²) in [5.41, 5.74) is 0. The maximum absolute atomic E-state index is 13.7. The lowest BCUT2D eigenvalue weighted by atomic mass is 9.71. The van der Waals surface area contributed by atoms with Gasteiger partial charge in [0.2, 0.25) is 11.8 Å². The monoisotopic (exact) mass is 282 g/mol. The number of alkyl halides is 4. The summed E-state index contributed by atoms with van der Waals surface area (Å²) in [5, 5.41) is 0. The van der Waals surface area contributed by atoms with Crippen molar-refractivity contribution < 1.29 is 17.6 Å². The molecular formula is C15H26F4. The Morgan fingerprint density at radius 3 is 2.47 bits per heavy atom. The smallest absolute Gasteiger partial charge is 0.207 e.